The zero-order valence-corrected chi connectivity index (χ0v) is 18.1. The van der Waals surface area contributed by atoms with Gasteiger partial charge in [-0.05, 0) is 50.3 Å². The van der Waals surface area contributed by atoms with E-state index in [1.807, 2.05) is 19.1 Å². The molecule has 2 fully saturated rings. The molecule has 1 N–H and O–H groups in total. The van der Waals surface area contributed by atoms with Crippen molar-refractivity contribution in [2.75, 3.05) is 33.9 Å². The number of nitrogens with zero attached hydrogens (tertiary/aromatic N) is 1. The van der Waals surface area contributed by atoms with Crippen molar-refractivity contribution in [3.8, 4) is 11.5 Å². The van der Waals surface area contributed by atoms with Gasteiger partial charge < -0.3 is 24.4 Å². The quantitative estimate of drug-likeness (QED) is 0.681. The number of ether oxygens (including phenoxy) is 3. The number of benzene rings is 1. The molecule has 2 aliphatic rings. The number of hydrogen-bond donors (Lipinski definition) is 1. The highest BCUT2D eigenvalue weighted by molar-refractivity contribution is 5.97. The second kappa shape index (κ2) is 10.8. The van der Waals surface area contributed by atoms with Gasteiger partial charge in [0.05, 0.1) is 25.3 Å². The summed E-state index contributed by atoms with van der Waals surface area (Å²) in [7, 11) is 3.25. The van der Waals surface area contributed by atoms with E-state index in [1.165, 1.54) is 25.7 Å². The van der Waals surface area contributed by atoms with Crippen molar-refractivity contribution in [2.45, 2.75) is 70.1 Å². The summed E-state index contributed by atoms with van der Waals surface area (Å²) in [5.41, 5.74) is 0.525. The first-order chi connectivity index (χ1) is 14.1. The van der Waals surface area contributed by atoms with Crippen molar-refractivity contribution in [1.82, 2.24) is 10.2 Å². The summed E-state index contributed by atoms with van der Waals surface area (Å²) in [5.74, 6) is 1.14. The van der Waals surface area contributed by atoms with Crippen LogP contribution in [0.1, 0.15) is 62.2 Å². The predicted octanol–water partition coefficient (Wildman–Crippen LogP) is 3.64. The first-order valence-corrected chi connectivity index (χ1v) is 11.0. The van der Waals surface area contributed by atoms with E-state index >= 15 is 0 Å². The normalized spacial score (nSPS) is 19.8. The smallest absolute Gasteiger partial charge is 0.255 e. The number of carbonyl (C=O) groups excluding carboxylic acids is 1. The molecule has 0 radical (unpaired) electrons. The van der Waals surface area contributed by atoms with Gasteiger partial charge in [0.2, 0.25) is 0 Å². The van der Waals surface area contributed by atoms with Gasteiger partial charge in [0.1, 0.15) is 17.6 Å². The summed E-state index contributed by atoms with van der Waals surface area (Å²) < 4.78 is 16.9. The Morgan fingerprint density at radius 3 is 2.52 bits per heavy atom. The fourth-order valence-electron chi connectivity index (χ4n) is 4.45. The van der Waals surface area contributed by atoms with Crippen molar-refractivity contribution < 1.29 is 19.0 Å². The third-order valence-corrected chi connectivity index (χ3v) is 6.24. The highest BCUT2D eigenvalue weighted by Gasteiger charge is 2.28. The minimum Gasteiger partial charge on any atom is -0.497 e. The average Bonchev–Trinajstić information content (AvgIpc) is 3.29. The first kappa shape index (κ1) is 21.9. The second-order valence-electron chi connectivity index (χ2n) is 8.19. The molecular weight excluding hydrogens is 368 g/mol. The van der Waals surface area contributed by atoms with Gasteiger partial charge in [-0.25, -0.2) is 0 Å². The van der Waals surface area contributed by atoms with Gasteiger partial charge in [-0.1, -0.05) is 19.8 Å². The Labute approximate surface area is 174 Å². The molecular formula is C23H36N2O4. The average molecular weight is 405 g/mol. The van der Waals surface area contributed by atoms with Crippen molar-refractivity contribution in [3.63, 3.8) is 0 Å². The second-order valence-corrected chi connectivity index (χ2v) is 8.19. The Morgan fingerprint density at radius 2 is 1.90 bits per heavy atom. The Balaban J connectivity index is 1.64. The lowest BCUT2D eigenvalue weighted by molar-refractivity contribution is 0.0743. The monoisotopic (exact) mass is 404 g/mol. The van der Waals surface area contributed by atoms with Gasteiger partial charge in [0.15, 0.2) is 0 Å². The number of likely N-dealkylation sites (tertiary alicyclic amines) is 1. The lowest BCUT2D eigenvalue weighted by Gasteiger charge is -2.36. The van der Waals surface area contributed by atoms with Gasteiger partial charge >= 0.3 is 0 Å². The van der Waals surface area contributed by atoms with Crippen molar-refractivity contribution in [2.24, 2.45) is 0 Å². The molecule has 1 aromatic rings. The maximum Gasteiger partial charge on any atom is 0.255 e. The maximum atomic E-state index is 12.9. The minimum absolute atomic E-state index is 0.0267. The molecule has 1 aromatic carbocycles. The van der Waals surface area contributed by atoms with Gasteiger partial charge in [0, 0.05) is 26.2 Å². The molecule has 1 aliphatic heterocycles. The first-order valence-electron chi connectivity index (χ1n) is 11.0. The molecule has 1 atom stereocenters. The fourth-order valence-corrected chi connectivity index (χ4v) is 4.45. The Morgan fingerprint density at radius 1 is 1.17 bits per heavy atom. The number of nitrogens with one attached hydrogen (secondary N) is 1. The highest BCUT2D eigenvalue weighted by atomic mass is 16.5. The molecule has 29 heavy (non-hydrogen) atoms. The van der Waals surface area contributed by atoms with E-state index in [-0.39, 0.29) is 18.1 Å². The molecule has 0 spiro atoms. The number of carbonyl (C=O) groups is 1. The molecule has 1 saturated carbocycles. The fraction of sp³-hybridized carbons (Fsp3) is 0.696. The van der Waals surface area contributed by atoms with E-state index in [0.717, 1.165) is 38.4 Å². The minimum atomic E-state index is -0.147. The summed E-state index contributed by atoms with van der Waals surface area (Å²) in [6.45, 7) is 4.69. The zero-order chi connectivity index (χ0) is 20.6. The Kier molecular flexibility index (Phi) is 8.19. The molecule has 1 heterocycles. The van der Waals surface area contributed by atoms with Crippen LogP contribution in [0.2, 0.25) is 0 Å². The van der Waals surface area contributed by atoms with Crippen molar-refractivity contribution in [3.05, 3.63) is 23.8 Å². The molecule has 6 nitrogen and oxygen atoms in total. The Bertz CT molecular complexity index is 652. The number of methoxy groups -OCH3 is 2. The van der Waals surface area contributed by atoms with E-state index in [2.05, 4.69) is 10.2 Å². The van der Waals surface area contributed by atoms with Gasteiger partial charge in [-0.3, -0.25) is 4.79 Å². The highest BCUT2D eigenvalue weighted by Crippen LogP contribution is 2.30. The largest absolute Gasteiger partial charge is 0.497 e. The van der Waals surface area contributed by atoms with Crippen LogP contribution >= 0.6 is 0 Å². The molecule has 6 heteroatoms. The van der Waals surface area contributed by atoms with Gasteiger partial charge in [0.25, 0.3) is 5.91 Å². The molecule has 1 aliphatic carbocycles. The number of rotatable bonds is 9. The Hall–Kier alpha value is -1.79. The van der Waals surface area contributed by atoms with Gasteiger partial charge in [-0.2, -0.15) is 0 Å². The topological polar surface area (TPSA) is 60.0 Å². The van der Waals surface area contributed by atoms with Gasteiger partial charge in [-0.15, -0.1) is 0 Å². The third kappa shape index (κ3) is 5.86. The molecule has 1 unspecified atom stereocenters. The van der Waals surface area contributed by atoms with Crippen LogP contribution in [0.3, 0.4) is 0 Å². The standard InChI is InChI=1S/C23H36N2O4/c1-4-17(16-27-2)24-23(26)21-15-20(28-3)9-10-22(21)29-19-11-13-25(14-12-19)18-7-5-6-8-18/h9-10,15,17-19H,4-8,11-14,16H2,1-3H3,(H,24,26). The van der Waals surface area contributed by atoms with Crippen LogP contribution < -0.4 is 14.8 Å². The lowest BCUT2D eigenvalue weighted by Crippen LogP contribution is -2.43. The summed E-state index contributed by atoms with van der Waals surface area (Å²) in [6, 6.07) is 6.21. The third-order valence-electron chi connectivity index (χ3n) is 6.24. The van der Waals surface area contributed by atoms with E-state index < -0.39 is 0 Å². The van der Waals surface area contributed by atoms with Crippen LogP contribution in [0.25, 0.3) is 0 Å². The van der Waals surface area contributed by atoms with Crippen LogP contribution in [-0.4, -0.2) is 62.9 Å². The predicted molar refractivity (Wildman–Crippen MR) is 114 cm³/mol. The SMILES string of the molecule is CCC(COC)NC(=O)c1cc(OC)ccc1OC1CCN(C2CCCC2)CC1. The molecule has 1 saturated heterocycles. The van der Waals surface area contributed by atoms with Crippen molar-refractivity contribution in [1.29, 1.82) is 0 Å². The molecule has 0 bridgehead atoms. The van der Waals surface area contributed by atoms with Crippen LogP contribution in [-0.2, 0) is 4.74 Å². The summed E-state index contributed by atoms with van der Waals surface area (Å²) in [4.78, 5) is 15.6. The van der Waals surface area contributed by atoms with E-state index in [9.17, 15) is 4.79 Å². The van der Waals surface area contributed by atoms with E-state index in [1.54, 1.807) is 20.3 Å². The maximum absolute atomic E-state index is 12.9. The molecule has 162 valence electrons. The van der Waals surface area contributed by atoms with Crippen molar-refractivity contribution >= 4 is 5.91 Å². The number of piperidine rings is 1. The van der Waals surface area contributed by atoms with Crippen LogP contribution in [0.4, 0.5) is 0 Å². The summed E-state index contributed by atoms with van der Waals surface area (Å²) in [5, 5.41) is 3.05. The number of amides is 1. The zero-order valence-electron chi connectivity index (χ0n) is 18.1. The number of hydrogen-bond acceptors (Lipinski definition) is 5. The van der Waals surface area contributed by atoms with Crippen LogP contribution in [0.15, 0.2) is 18.2 Å². The molecule has 0 aromatic heterocycles. The van der Waals surface area contributed by atoms with Crippen LogP contribution in [0.5, 0.6) is 11.5 Å². The molecule has 1 amide bonds. The summed E-state index contributed by atoms with van der Waals surface area (Å²) >= 11 is 0. The lowest BCUT2D eigenvalue weighted by atomic mass is 10.0. The molecule has 3 rings (SSSR count). The van der Waals surface area contributed by atoms with E-state index in [0.29, 0.717) is 23.7 Å². The van der Waals surface area contributed by atoms with E-state index in [4.69, 9.17) is 14.2 Å². The summed E-state index contributed by atoms with van der Waals surface area (Å²) in [6.07, 6.45) is 8.38. The van der Waals surface area contributed by atoms with Crippen LogP contribution in [0, 0.1) is 0 Å².